The predicted octanol–water partition coefficient (Wildman–Crippen LogP) is 14.6. The van der Waals surface area contributed by atoms with Crippen LogP contribution in [-0.2, 0) is 33.3 Å². The summed E-state index contributed by atoms with van der Waals surface area (Å²) < 4.78 is 22.8. The molecule has 0 saturated carbocycles. The number of hydrogen-bond acceptors (Lipinski definition) is 7. The van der Waals surface area contributed by atoms with Gasteiger partial charge in [-0.2, -0.15) is 0 Å². The van der Waals surface area contributed by atoms with Crippen LogP contribution >= 0.6 is 0 Å². The molecule has 1 N–H and O–H groups in total. The lowest BCUT2D eigenvalue weighted by Gasteiger charge is -2.25. The molecule has 0 rings (SSSR count). The normalized spacial score (nSPS) is 13.9. The molecule has 9 nitrogen and oxygen atoms in total. The van der Waals surface area contributed by atoms with Gasteiger partial charge in [-0.15, -0.1) is 0 Å². The maximum absolute atomic E-state index is 12.8. The van der Waals surface area contributed by atoms with Gasteiger partial charge in [0.15, 0.2) is 6.10 Å². The van der Waals surface area contributed by atoms with Gasteiger partial charge in [0.05, 0.1) is 34.4 Å². The van der Waals surface area contributed by atoms with Gasteiger partial charge < -0.3 is 28.5 Å². The minimum Gasteiger partial charge on any atom is -0.477 e. The van der Waals surface area contributed by atoms with E-state index in [9.17, 15) is 19.5 Å². The van der Waals surface area contributed by atoms with Crippen molar-refractivity contribution in [2.24, 2.45) is 0 Å². The fraction of sp³-hybridized carbons (Fsp3) is 0.603. The first-order valence-corrected chi connectivity index (χ1v) is 25.7. The Bertz CT molecular complexity index is 1510. The van der Waals surface area contributed by atoms with E-state index in [1.165, 1.54) is 0 Å². The zero-order valence-electron chi connectivity index (χ0n) is 42.8. The van der Waals surface area contributed by atoms with Gasteiger partial charge in [0.25, 0.3) is 6.29 Å². The Balaban J connectivity index is 4.46. The van der Waals surface area contributed by atoms with Gasteiger partial charge in [-0.1, -0.05) is 174 Å². The fourth-order valence-corrected chi connectivity index (χ4v) is 6.30. The monoisotopic (exact) mass is 933 g/mol. The van der Waals surface area contributed by atoms with Gasteiger partial charge in [-0.05, 0) is 103 Å². The third kappa shape index (κ3) is 49.4. The van der Waals surface area contributed by atoms with Crippen LogP contribution in [0.2, 0.25) is 0 Å². The summed E-state index contributed by atoms with van der Waals surface area (Å²) in [7, 11) is 5.93. The first kappa shape index (κ1) is 62.7. The van der Waals surface area contributed by atoms with Gasteiger partial charge >= 0.3 is 17.9 Å². The third-order valence-electron chi connectivity index (χ3n) is 10.2. The number of carboxylic acid groups (broad SMARTS) is 1. The number of quaternary nitrogens is 1. The van der Waals surface area contributed by atoms with E-state index >= 15 is 0 Å². The van der Waals surface area contributed by atoms with Crippen LogP contribution in [0.15, 0.2) is 122 Å². The highest BCUT2D eigenvalue weighted by atomic mass is 16.7. The highest BCUT2D eigenvalue weighted by Gasteiger charge is 2.25. The van der Waals surface area contributed by atoms with Gasteiger partial charge in [0.2, 0.25) is 0 Å². The highest BCUT2D eigenvalue weighted by molar-refractivity contribution is 5.71. The number of unbranched alkanes of at least 4 members (excludes halogenated alkanes) is 10. The molecule has 0 aliphatic heterocycles. The number of hydrogen-bond donors (Lipinski definition) is 1. The number of nitrogens with zero attached hydrogens (tertiary/aromatic N) is 1. The van der Waals surface area contributed by atoms with Crippen molar-refractivity contribution in [3.8, 4) is 0 Å². The van der Waals surface area contributed by atoms with Crippen LogP contribution in [0.3, 0.4) is 0 Å². The molecule has 67 heavy (non-hydrogen) atoms. The molecule has 2 unspecified atom stereocenters. The fourth-order valence-electron chi connectivity index (χ4n) is 6.30. The molecule has 0 bridgehead atoms. The molecule has 0 saturated heterocycles. The number of allylic oxidation sites excluding steroid dienone is 20. The second kappa shape index (κ2) is 48.2. The summed E-state index contributed by atoms with van der Waals surface area (Å²) >= 11 is 0. The Morgan fingerprint density at radius 2 is 0.806 bits per heavy atom. The Morgan fingerprint density at radius 3 is 1.19 bits per heavy atom. The van der Waals surface area contributed by atoms with Crippen molar-refractivity contribution in [1.82, 2.24) is 0 Å². The van der Waals surface area contributed by atoms with Crippen LogP contribution in [0.4, 0.5) is 0 Å². The predicted molar refractivity (Wildman–Crippen MR) is 281 cm³/mol. The number of carbonyl (C=O) groups is 3. The first-order chi connectivity index (χ1) is 32.6. The number of carbonyl (C=O) groups excluding carboxylic acids is 2. The second-order valence-electron chi connectivity index (χ2n) is 17.7. The van der Waals surface area contributed by atoms with E-state index < -0.39 is 24.3 Å². The molecule has 0 fully saturated rings. The van der Waals surface area contributed by atoms with Gasteiger partial charge in [-0.3, -0.25) is 9.59 Å². The number of carboxylic acids is 1. The zero-order valence-corrected chi connectivity index (χ0v) is 42.8. The van der Waals surface area contributed by atoms with Crippen LogP contribution in [0.25, 0.3) is 0 Å². The molecule has 0 aliphatic carbocycles. The van der Waals surface area contributed by atoms with E-state index in [1.807, 2.05) is 21.1 Å². The van der Waals surface area contributed by atoms with Gasteiger partial charge in [0, 0.05) is 12.8 Å². The largest absolute Gasteiger partial charge is 0.477 e. The van der Waals surface area contributed by atoms with Crippen molar-refractivity contribution in [2.75, 3.05) is 47.5 Å². The van der Waals surface area contributed by atoms with Crippen LogP contribution in [0.1, 0.15) is 168 Å². The van der Waals surface area contributed by atoms with Crippen LogP contribution < -0.4 is 0 Å². The summed E-state index contributed by atoms with van der Waals surface area (Å²) in [5, 5.41) is 9.68. The molecule has 0 aromatic rings. The van der Waals surface area contributed by atoms with Crippen LogP contribution in [0, 0.1) is 0 Å². The molecule has 0 spiro atoms. The molecular weight excluding hydrogens is 839 g/mol. The SMILES string of the molecule is CC/C=C\C/C=C\C/C=C\C/C=C\C/C=C\CCCCCCCC(=O)OCC(COC(OCC[N+](C)(C)C)C(=O)O)OC(=O)CCCCCCC/C=C\C/C=C\C/C=C\C/C=C\C/C=C\CC. The van der Waals surface area contributed by atoms with Crippen molar-refractivity contribution < 1.29 is 42.9 Å². The van der Waals surface area contributed by atoms with Crippen molar-refractivity contribution in [3.05, 3.63) is 122 Å². The smallest absolute Gasteiger partial charge is 0.361 e. The lowest BCUT2D eigenvalue weighted by atomic mass is 10.1. The van der Waals surface area contributed by atoms with E-state index in [0.717, 1.165) is 128 Å². The lowest BCUT2D eigenvalue weighted by molar-refractivity contribution is -0.870. The molecular formula is C58H94NO8+. The molecule has 9 heteroatoms. The molecule has 0 heterocycles. The Hall–Kier alpha value is -4.31. The minimum absolute atomic E-state index is 0.172. The van der Waals surface area contributed by atoms with E-state index in [0.29, 0.717) is 23.9 Å². The van der Waals surface area contributed by atoms with Crippen molar-refractivity contribution in [3.63, 3.8) is 0 Å². The average molecular weight is 933 g/mol. The molecule has 0 amide bonds. The third-order valence-corrected chi connectivity index (χ3v) is 10.2. The summed E-state index contributed by atoms with van der Waals surface area (Å²) in [5.41, 5.74) is 0. The summed E-state index contributed by atoms with van der Waals surface area (Å²) in [5.74, 6) is -2.08. The van der Waals surface area contributed by atoms with E-state index in [-0.39, 0.29) is 38.6 Å². The lowest BCUT2D eigenvalue weighted by Crippen LogP contribution is -2.40. The van der Waals surface area contributed by atoms with Gasteiger partial charge in [0.1, 0.15) is 13.2 Å². The summed E-state index contributed by atoms with van der Waals surface area (Å²) in [4.78, 5) is 37.3. The van der Waals surface area contributed by atoms with Crippen molar-refractivity contribution >= 4 is 17.9 Å². The molecule has 378 valence electrons. The maximum Gasteiger partial charge on any atom is 0.361 e. The Morgan fingerprint density at radius 1 is 0.448 bits per heavy atom. The minimum atomic E-state index is -1.53. The second-order valence-corrected chi connectivity index (χ2v) is 17.7. The first-order valence-electron chi connectivity index (χ1n) is 25.7. The number of ether oxygens (including phenoxy) is 4. The van der Waals surface area contributed by atoms with Crippen molar-refractivity contribution in [2.45, 2.75) is 180 Å². The number of esters is 2. The topological polar surface area (TPSA) is 108 Å². The Labute approximate surface area is 408 Å². The standard InChI is InChI=1S/C58H93NO8/c1-6-8-10-12-14-16-18-20-22-24-26-28-30-32-34-36-38-40-42-44-46-48-55(60)65-52-54(53-66-58(57(62)63)64-51-50-59(3,4)5)67-56(61)49-47-45-43-41-39-37-35-33-31-29-27-25-23-21-19-17-15-13-11-9-7-2/h8-11,14-17,20-23,26-29,32-35,54,58H,6-7,12-13,18-19,24-25,30-31,36-53H2,1-5H3/p+1/b10-8-,11-9-,16-14-,17-15-,22-20-,23-21-,28-26-,29-27-,34-32-,35-33-. The molecule has 0 radical (unpaired) electrons. The summed E-state index contributed by atoms with van der Waals surface area (Å²) in [6.07, 6.45) is 64.0. The quantitative estimate of drug-likeness (QED) is 0.0211. The summed E-state index contributed by atoms with van der Waals surface area (Å²) in [6.45, 7) is 4.57. The van der Waals surface area contributed by atoms with E-state index in [4.69, 9.17) is 18.9 Å². The summed E-state index contributed by atoms with van der Waals surface area (Å²) in [6, 6.07) is 0. The van der Waals surface area contributed by atoms with E-state index in [1.54, 1.807) is 0 Å². The van der Waals surface area contributed by atoms with Crippen LogP contribution in [-0.4, -0.2) is 87.4 Å². The molecule has 0 aliphatic rings. The number of rotatable bonds is 45. The van der Waals surface area contributed by atoms with Gasteiger partial charge in [-0.25, -0.2) is 4.79 Å². The molecule has 0 aromatic heterocycles. The molecule has 0 aromatic carbocycles. The molecule has 2 atom stereocenters. The average Bonchev–Trinajstić information content (AvgIpc) is 3.29. The number of aliphatic carboxylic acids is 1. The van der Waals surface area contributed by atoms with Crippen molar-refractivity contribution in [1.29, 1.82) is 0 Å². The Kier molecular flexibility index (Phi) is 45.1. The highest BCUT2D eigenvalue weighted by Crippen LogP contribution is 2.12. The van der Waals surface area contributed by atoms with Crippen LogP contribution in [0.5, 0.6) is 0 Å². The van der Waals surface area contributed by atoms with E-state index in [2.05, 4.69) is 135 Å². The zero-order chi connectivity index (χ0) is 49.2. The maximum atomic E-state index is 12.8. The number of likely N-dealkylation sites (N-methyl/N-ethyl adjacent to an activating group) is 1.